The van der Waals surface area contributed by atoms with E-state index in [1.54, 1.807) is 18.6 Å². The Bertz CT molecular complexity index is 1020. The van der Waals surface area contributed by atoms with Crippen molar-refractivity contribution in [2.75, 3.05) is 5.32 Å². The molecule has 2 aromatic carbocycles. The van der Waals surface area contributed by atoms with E-state index in [2.05, 4.69) is 21.5 Å². The molecule has 3 aromatic rings. The van der Waals surface area contributed by atoms with Gasteiger partial charge in [-0.05, 0) is 42.0 Å². The normalized spacial score (nSPS) is 12.9. The van der Waals surface area contributed by atoms with Gasteiger partial charge in [-0.25, -0.2) is 0 Å². The number of hydrazine groups is 1. The van der Waals surface area contributed by atoms with Gasteiger partial charge in [0.1, 0.15) is 5.82 Å². The van der Waals surface area contributed by atoms with E-state index < -0.39 is 0 Å². The monoisotopic (exact) mass is 376 g/mol. The first-order valence-corrected chi connectivity index (χ1v) is 8.94. The third-order valence-corrected chi connectivity index (χ3v) is 4.27. The highest BCUT2D eigenvalue weighted by Crippen LogP contribution is 2.16. The predicted octanol–water partition coefficient (Wildman–Crippen LogP) is 4.10. The Morgan fingerprint density at radius 3 is 2.64 bits per heavy atom. The van der Waals surface area contributed by atoms with Gasteiger partial charge in [0, 0.05) is 26.2 Å². The van der Waals surface area contributed by atoms with Gasteiger partial charge in [0.05, 0.1) is 18.2 Å². The van der Waals surface area contributed by atoms with Crippen LogP contribution in [-0.2, 0) is 6.54 Å². The lowest BCUT2D eigenvalue weighted by Crippen LogP contribution is -2.35. The minimum atomic E-state index is -0.139. The third kappa shape index (κ3) is 4.24. The lowest BCUT2D eigenvalue weighted by atomic mass is 10.1. The fourth-order valence-electron chi connectivity index (χ4n) is 2.82. The van der Waals surface area contributed by atoms with E-state index in [0.29, 0.717) is 12.1 Å². The van der Waals surface area contributed by atoms with Crippen molar-refractivity contribution in [3.8, 4) is 0 Å². The van der Waals surface area contributed by atoms with Gasteiger partial charge in [-0.15, -0.1) is 0 Å². The van der Waals surface area contributed by atoms with Gasteiger partial charge in [0.2, 0.25) is 0 Å². The van der Waals surface area contributed by atoms with Crippen molar-refractivity contribution < 1.29 is 12.1 Å². The molecule has 4 rings (SSSR count). The van der Waals surface area contributed by atoms with Crippen LogP contribution in [0.2, 0.25) is 0 Å². The second-order valence-electron chi connectivity index (χ2n) is 6.30. The van der Waals surface area contributed by atoms with Crippen LogP contribution in [0.1, 0.15) is 24.3 Å². The molecule has 0 atom stereocenters. The van der Waals surface area contributed by atoms with Crippen molar-refractivity contribution in [2.45, 2.75) is 6.54 Å². The average molecular weight is 376 g/mol. The number of carbonyl (C=O) groups excluding carboxylic acids is 1. The molecule has 0 radical (unpaired) electrons. The highest BCUT2D eigenvalue weighted by Gasteiger charge is 2.09. The highest BCUT2D eigenvalue weighted by atomic mass is 16.3. The number of carbonyl (C=O) groups is 1. The minimum absolute atomic E-state index is 0. The van der Waals surface area contributed by atoms with Crippen molar-refractivity contribution in [2.24, 2.45) is 0 Å². The summed E-state index contributed by atoms with van der Waals surface area (Å²) in [5.74, 6) is 0.649. The molecule has 0 bridgehead atoms. The number of rotatable bonds is 6. The van der Waals surface area contributed by atoms with Crippen LogP contribution in [0.15, 0.2) is 95.6 Å². The first-order chi connectivity index (χ1) is 13.8. The maximum Gasteiger partial charge on any atom is 0.251 e. The Labute approximate surface area is 165 Å². The smallest absolute Gasteiger partial charge is 0.251 e. The fourth-order valence-corrected chi connectivity index (χ4v) is 2.82. The third-order valence-electron chi connectivity index (χ3n) is 4.27. The molecule has 0 unspecified atom stereocenters. The zero-order valence-electron chi connectivity index (χ0n) is 15.1. The number of hydrogen-bond acceptors (Lipinski definition) is 5. The molecule has 0 spiro atoms. The molecule has 144 valence electrons. The number of allylic oxidation sites excluding steroid dienone is 2. The van der Waals surface area contributed by atoms with Crippen molar-refractivity contribution >= 4 is 17.3 Å². The van der Waals surface area contributed by atoms with Crippen LogP contribution in [0.5, 0.6) is 0 Å². The molecule has 0 saturated carbocycles. The SMILES string of the molecule is O=C(NCc1ccoc1)c1cccc(NC2=CC=C(c3ccccc3)NN2)c1.[HH].[HH]. The van der Waals surface area contributed by atoms with E-state index in [-0.39, 0.29) is 8.76 Å². The van der Waals surface area contributed by atoms with Crippen molar-refractivity contribution in [1.29, 1.82) is 0 Å². The summed E-state index contributed by atoms with van der Waals surface area (Å²) >= 11 is 0. The molecule has 1 aromatic heterocycles. The Morgan fingerprint density at radius 1 is 1.00 bits per heavy atom. The number of furan rings is 1. The van der Waals surface area contributed by atoms with Crippen LogP contribution in [-0.4, -0.2) is 5.91 Å². The average Bonchev–Trinajstić information content (AvgIpc) is 3.27. The molecular weight excluding hydrogens is 352 g/mol. The lowest BCUT2D eigenvalue weighted by molar-refractivity contribution is 0.0951. The maximum absolute atomic E-state index is 12.4. The van der Waals surface area contributed by atoms with Gasteiger partial charge < -0.3 is 15.1 Å². The van der Waals surface area contributed by atoms with Gasteiger partial charge in [0.15, 0.2) is 0 Å². The van der Waals surface area contributed by atoms with E-state index in [9.17, 15) is 4.79 Å². The van der Waals surface area contributed by atoms with E-state index >= 15 is 0 Å². The van der Waals surface area contributed by atoms with Crippen LogP contribution >= 0.6 is 0 Å². The molecule has 28 heavy (non-hydrogen) atoms. The minimum Gasteiger partial charge on any atom is -0.472 e. The quantitative estimate of drug-likeness (QED) is 0.521. The largest absolute Gasteiger partial charge is 0.472 e. The predicted molar refractivity (Wildman–Crippen MR) is 113 cm³/mol. The summed E-state index contributed by atoms with van der Waals surface area (Å²) in [4.78, 5) is 12.4. The number of amides is 1. The van der Waals surface area contributed by atoms with E-state index in [4.69, 9.17) is 4.42 Å². The molecular formula is C22H24N4O2. The molecule has 0 saturated heterocycles. The van der Waals surface area contributed by atoms with Crippen LogP contribution in [0.3, 0.4) is 0 Å². The lowest BCUT2D eigenvalue weighted by Gasteiger charge is -2.21. The number of nitrogens with one attached hydrogen (secondary N) is 4. The second kappa shape index (κ2) is 8.18. The zero-order valence-corrected chi connectivity index (χ0v) is 15.1. The Morgan fingerprint density at radius 2 is 1.89 bits per heavy atom. The second-order valence-corrected chi connectivity index (χ2v) is 6.30. The van der Waals surface area contributed by atoms with Gasteiger partial charge in [-0.1, -0.05) is 36.4 Å². The summed E-state index contributed by atoms with van der Waals surface area (Å²) in [7, 11) is 0. The Balaban J connectivity index is 0.00000160. The molecule has 0 aliphatic carbocycles. The van der Waals surface area contributed by atoms with E-state index in [1.165, 1.54) is 0 Å². The number of benzene rings is 2. The van der Waals surface area contributed by atoms with Crippen LogP contribution in [0.4, 0.5) is 5.69 Å². The standard InChI is InChI=1S/C22H20N4O2.2H2/c27-22(23-14-16-11-12-28-15-16)18-7-4-8-19(13-18)24-21-10-9-20(25-26-21)17-5-2-1-3-6-17;;/h1-13,15,24-26H,14H2,(H,23,27);2*1H. The van der Waals surface area contributed by atoms with Crippen LogP contribution in [0.25, 0.3) is 5.70 Å². The van der Waals surface area contributed by atoms with E-state index in [0.717, 1.165) is 28.3 Å². The zero-order chi connectivity index (χ0) is 19.2. The van der Waals surface area contributed by atoms with Crippen molar-refractivity contribution in [1.82, 2.24) is 16.2 Å². The van der Waals surface area contributed by atoms with Gasteiger partial charge in [0.25, 0.3) is 5.91 Å². The topological polar surface area (TPSA) is 78.3 Å². The van der Waals surface area contributed by atoms with Crippen molar-refractivity contribution in [3.63, 3.8) is 0 Å². The van der Waals surface area contributed by atoms with E-state index in [1.807, 2.05) is 66.7 Å². The molecule has 0 fully saturated rings. The summed E-state index contributed by atoms with van der Waals surface area (Å²) in [6.07, 6.45) is 7.15. The van der Waals surface area contributed by atoms with Crippen LogP contribution in [0, 0.1) is 0 Å². The summed E-state index contributed by atoms with van der Waals surface area (Å²) in [6.45, 7) is 0.427. The molecule has 1 amide bonds. The molecule has 2 heterocycles. The van der Waals surface area contributed by atoms with Gasteiger partial charge in [-0.3, -0.25) is 15.6 Å². The maximum atomic E-state index is 12.4. The molecule has 4 N–H and O–H groups in total. The summed E-state index contributed by atoms with van der Waals surface area (Å²) in [6, 6.07) is 19.2. The Hall–Kier alpha value is -3.93. The first-order valence-electron chi connectivity index (χ1n) is 8.94. The molecule has 6 heteroatoms. The summed E-state index contributed by atoms with van der Waals surface area (Å²) in [5.41, 5.74) is 10.7. The summed E-state index contributed by atoms with van der Waals surface area (Å²) < 4.78 is 5.01. The number of hydrogen-bond donors (Lipinski definition) is 4. The first kappa shape index (κ1) is 17.5. The molecule has 1 aliphatic heterocycles. The summed E-state index contributed by atoms with van der Waals surface area (Å²) in [5, 5.41) is 6.14. The van der Waals surface area contributed by atoms with Crippen molar-refractivity contribution in [3.05, 3.63) is 108 Å². The van der Waals surface area contributed by atoms with Gasteiger partial charge >= 0.3 is 0 Å². The number of anilines is 1. The van der Waals surface area contributed by atoms with Gasteiger partial charge in [-0.2, -0.15) is 0 Å². The highest BCUT2D eigenvalue weighted by molar-refractivity contribution is 5.95. The fraction of sp³-hybridized carbons (Fsp3) is 0.0455. The molecule has 1 aliphatic rings. The Kier molecular flexibility index (Phi) is 5.11. The molecule has 6 nitrogen and oxygen atoms in total. The van der Waals surface area contributed by atoms with Crippen LogP contribution < -0.4 is 21.5 Å².